The van der Waals surface area contributed by atoms with Crippen LogP contribution in [0.1, 0.15) is 31.5 Å². The Morgan fingerprint density at radius 3 is 3.19 bits per heavy atom. The summed E-state index contributed by atoms with van der Waals surface area (Å²) >= 11 is 0. The lowest BCUT2D eigenvalue weighted by Crippen LogP contribution is -2.33. The maximum Gasteiger partial charge on any atom is 0.115 e. The molecule has 0 bridgehead atoms. The molecule has 16 heavy (non-hydrogen) atoms. The summed E-state index contributed by atoms with van der Waals surface area (Å²) in [6.45, 7) is 4.81. The first-order valence-corrected chi connectivity index (χ1v) is 5.99. The van der Waals surface area contributed by atoms with Gasteiger partial charge in [0.2, 0.25) is 0 Å². The molecule has 88 valence electrons. The third-order valence-electron chi connectivity index (χ3n) is 3.01. The zero-order chi connectivity index (χ0) is 11.2. The molecule has 0 aliphatic carbocycles. The lowest BCUT2D eigenvalue weighted by atomic mass is 9.91. The van der Waals surface area contributed by atoms with Crippen molar-refractivity contribution >= 4 is 0 Å². The summed E-state index contributed by atoms with van der Waals surface area (Å²) < 4.78 is 5.55. The number of nitrogens with one attached hydrogen (secondary N) is 1. The van der Waals surface area contributed by atoms with Gasteiger partial charge in [-0.2, -0.15) is 0 Å². The normalized spacial score (nSPS) is 22.9. The van der Waals surface area contributed by atoms with Crippen molar-refractivity contribution < 1.29 is 4.74 Å². The van der Waals surface area contributed by atoms with Gasteiger partial charge in [0.05, 0.1) is 18.3 Å². The molecule has 2 heterocycles. The zero-order valence-corrected chi connectivity index (χ0v) is 9.72. The summed E-state index contributed by atoms with van der Waals surface area (Å²) in [5.74, 6) is 0.531. The molecule has 0 aromatic carbocycles. The standard InChI is InChI=1S/C12H19N3O/c1-2-14-12(10-4-3-7-16-8-10)11-5-6-13-9-15-11/h5-6,9-10,12,14H,2-4,7-8H2,1H3. The molecule has 1 aromatic rings. The van der Waals surface area contributed by atoms with Gasteiger partial charge in [-0.25, -0.2) is 9.97 Å². The van der Waals surface area contributed by atoms with Crippen LogP contribution in [0.15, 0.2) is 18.6 Å². The summed E-state index contributed by atoms with van der Waals surface area (Å²) in [5.41, 5.74) is 1.08. The van der Waals surface area contributed by atoms with Crippen LogP contribution in [0.25, 0.3) is 0 Å². The summed E-state index contributed by atoms with van der Waals surface area (Å²) in [4.78, 5) is 8.31. The van der Waals surface area contributed by atoms with Crippen molar-refractivity contribution in [2.75, 3.05) is 19.8 Å². The largest absolute Gasteiger partial charge is 0.381 e. The molecule has 1 N–H and O–H groups in total. The summed E-state index contributed by atoms with van der Waals surface area (Å²) in [6, 6.07) is 2.29. The Labute approximate surface area is 96.4 Å². The van der Waals surface area contributed by atoms with E-state index in [1.807, 2.05) is 6.07 Å². The molecule has 0 amide bonds. The Balaban J connectivity index is 2.09. The van der Waals surface area contributed by atoms with Crippen molar-refractivity contribution in [3.8, 4) is 0 Å². The summed E-state index contributed by atoms with van der Waals surface area (Å²) in [5, 5.41) is 3.50. The topological polar surface area (TPSA) is 47.0 Å². The monoisotopic (exact) mass is 221 g/mol. The lowest BCUT2D eigenvalue weighted by molar-refractivity contribution is 0.0386. The van der Waals surface area contributed by atoms with Gasteiger partial charge in [-0.15, -0.1) is 0 Å². The maximum absolute atomic E-state index is 5.55. The van der Waals surface area contributed by atoms with Gasteiger partial charge in [0.15, 0.2) is 0 Å². The van der Waals surface area contributed by atoms with Gasteiger partial charge in [-0.3, -0.25) is 0 Å². The Hall–Kier alpha value is -1.00. The molecule has 0 saturated carbocycles. The average Bonchev–Trinajstić information content (AvgIpc) is 2.38. The average molecular weight is 221 g/mol. The van der Waals surface area contributed by atoms with Crippen LogP contribution in [-0.4, -0.2) is 29.7 Å². The van der Waals surface area contributed by atoms with E-state index < -0.39 is 0 Å². The number of hydrogen-bond acceptors (Lipinski definition) is 4. The highest BCUT2D eigenvalue weighted by molar-refractivity contribution is 5.06. The van der Waals surface area contributed by atoms with E-state index >= 15 is 0 Å². The molecule has 2 rings (SSSR count). The van der Waals surface area contributed by atoms with Gasteiger partial charge in [0, 0.05) is 18.7 Å². The van der Waals surface area contributed by atoms with Crippen LogP contribution in [0.3, 0.4) is 0 Å². The van der Waals surface area contributed by atoms with E-state index in [9.17, 15) is 0 Å². The van der Waals surface area contributed by atoms with Crippen molar-refractivity contribution in [2.24, 2.45) is 5.92 Å². The number of ether oxygens (including phenoxy) is 1. The SMILES string of the molecule is CCNC(c1ccncn1)C1CCCOC1. The van der Waals surface area contributed by atoms with E-state index in [1.54, 1.807) is 12.5 Å². The van der Waals surface area contributed by atoms with Gasteiger partial charge in [0.1, 0.15) is 6.33 Å². The van der Waals surface area contributed by atoms with E-state index in [1.165, 1.54) is 6.42 Å². The van der Waals surface area contributed by atoms with Crippen molar-refractivity contribution in [1.29, 1.82) is 0 Å². The molecule has 4 nitrogen and oxygen atoms in total. The molecule has 1 saturated heterocycles. The van der Waals surface area contributed by atoms with Gasteiger partial charge in [0.25, 0.3) is 0 Å². The predicted molar refractivity (Wildman–Crippen MR) is 62.0 cm³/mol. The number of nitrogens with zero attached hydrogens (tertiary/aromatic N) is 2. The highest BCUT2D eigenvalue weighted by Gasteiger charge is 2.25. The zero-order valence-electron chi connectivity index (χ0n) is 9.72. The van der Waals surface area contributed by atoms with Crippen LogP contribution in [-0.2, 0) is 4.74 Å². The summed E-state index contributed by atoms with van der Waals surface area (Å²) in [6.07, 6.45) is 5.78. The highest BCUT2D eigenvalue weighted by Crippen LogP contribution is 2.27. The Morgan fingerprint density at radius 1 is 1.62 bits per heavy atom. The minimum Gasteiger partial charge on any atom is -0.381 e. The van der Waals surface area contributed by atoms with E-state index in [2.05, 4.69) is 22.2 Å². The third kappa shape index (κ3) is 2.77. The van der Waals surface area contributed by atoms with Crippen LogP contribution in [0.2, 0.25) is 0 Å². The van der Waals surface area contributed by atoms with E-state index in [-0.39, 0.29) is 0 Å². The van der Waals surface area contributed by atoms with Gasteiger partial charge in [-0.1, -0.05) is 6.92 Å². The maximum atomic E-state index is 5.55. The molecular formula is C12H19N3O. The second kappa shape index (κ2) is 5.92. The Morgan fingerprint density at radius 2 is 2.56 bits per heavy atom. The van der Waals surface area contributed by atoms with E-state index in [0.29, 0.717) is 12.0 Å². The van der Waals surface area contributed by atoms with Crippen molar-refractivity contribution in [2.45, 2.75) is 25.8 Å². The Kier molecular flexibility index (Phi) is 4.25. The number of hydrogen-bond donors (Lipinski definition) is 1. The second-order valence-electron chi connectivity index (χ2n) is 4.15. The van der Waals surface area contributed by atoms with E-state index in [0.717, 1.165) is 31.9 Å². The highest BCUT2D eigenvalue weighted by atomic mass is 16.5. The molecule has 2 unspecified atom stereocenters. The van der Waals surface area contributed by atoms with Crippen LogP contribution >= 0.6 is 0 Å². The minimum absolute atomic E-state index is 0.299. The van der Waals surface area contributed by atoms with Crippen LogP contribution in [0.5, 0.6) is 0 Å². The van der Waals surface area contributed by atoms with Crippen LogP contribution in [0, 0.1) is 5.92 Å². The number of aromatic nitrogens is 2. The molecule has 4 heteroatoms. The van der Waals surface area contributed by atoms with E-state index in [4.69, 9.17) is 4.74 Å². The van der Waals surface area contributed by atoms with Crippen LogP contribution in [0.4, 0.5) is 0 Å². The fourth-order valence-corrected chi connectivity index (χ4v) is 2.25. The third-order valence-corrected chi connectivity index (χ3v) is 3.01. The second-order valence-corrected chi connectivity index (χ2v) is 4.15. The predicted octanol–water partition coefficient (Wildman–Crippen LogP) is 1.55. The first kappa shape index (κ1) is 11.5. The lowest BCUT2D eigenvalue weighted by Gasteiger charge is -2.30. The van der Waals surface area contributed by atoms with Crippen molar-refractivity contribution in [1.82, 2.24) is 15.3 Å². The van der Waals surface area contributed by atoms with Crippen molar-refractivity contribution in [3.63, 3.8) is 0 Å². The molecule has 2 atom stereocenters. The molecule has 1 aromatic heterocycles. The van der Waals surface area contributed by atoms with Gasteiger partial charge >= 0.3 is 0 Å². The smallest absolute Gasteiger partial charge is 0.115 e. The number of rotatable bonds is 4. The Bertz CT molecular complexity index is 298. The molecular weight excluding hydrogens is 202 g/mol. The molecule has 0 spiro atoms. The van der Waals surface area contributed by atoms with Crippen LogP contribution < -0.4 is 5.32 Å². The quantitative estimate of drug-likeness (QED) is 0.838. The van der Waals surface area contributed by atoms with Crippen molar-refractivity contribution in [3.05, 3.63) is 24.3 Å². The first-order valence-electron chi connectivity index (χ1n) is 5.99. The molecule has 1 aliphatic heterocycles. The fraction of sp³-hybridized carbons (Fsp3) is 0.667. The van der Waals surface area contributed by atoms with Gasteiger partial charge in [-0.05, 0) is 25.5 Å². The first-order chi connectivity index (χ1) is 7.92. The minimum atomic E-state index is 0.299. The molecule has 0 radical (unpaired) electrons. The fourth-order valence-electron chi connectivity index (χ4n) is 2.25. The summed E-state index contributed by atoms with van der Waals surface area (Å²) in [7, 11) is 0. The molecule has 1 fully saturated rings. The molecule has 1 aliphatic rings. The van der Waals surface area contributed by atoms with Gasteiger partial charge < -0.3 is 10.1 Å².